The van der Waals surface area contributed by atoms with Crippen LogP contribution in [0.1, 0.15) is 10.6 Å². The van der Waals surface area contributed by atoms with Gasteiger partial charge >= 0.3 is 0 Å². The molecule has 2 rings (SSSR count). The average Bonchev–Trinajstić information content (AvgIpc) is 2.71. The van der Waals surface area contributed by atoms with Crippen LogP contribution < -0.4 is 10.5 Å². The Labute approximate surface area is 91.7 Å². The molecule has 4 nitrogen and oxygen atoms in total. The summed E-state index contributed by atoms with van der Waals surface area (Å²) in [7, 11) is 1.53. The second-order valence-corrected chi connectivity index (χ2v) is 4.09. The summed E-state index contributed by atoms with van der Waals surface area (Å²) in [6.07, 6.45) is 0.763. The molecule has 0 aliphatic carbocycles. The van der Waals surface area contributed by atoms with Gasteiger partial charge in [0.1, 0.15) is 0 Å². The first kappa shape index (κ1) is 9.92. The van der Waals surface area contributed by atoms with Crippen molar-refractivity contribution in [1.82, 2.24) is 10.2 Å². The van der Waals surface area contributed by atoms with Crippen LogP contribution in [-0.4, -0.2) is 17.3 Å². The molecule has 0 aromatic carbocycles. The van der Waals surface area contributed by atoms with E-state index in [2.05, 4.69) is 16.3 Å². The fourth-order valence-corrected chi connectivity index (χ4v) is 1.99. The van der Waals surface area contributed by atoms with Crippen LogP contribution in [0.2, 0.25) is 0 Å². The lowest BCUT2D eigenvalue weighted by molar-refractivity contribution is 0.393. The third-order valence-corrected chi connectivity index (χ3v) is 2.84. The molecule has 0 aliphatic heterocycles. The number of nitrogen functional groups attached to an aromatic ring is 1. The van der Waals surface area contributed by atoms with E-state index in [9.17, 15) is 0 Å². The van der Waals surface area contributed by atoms with Crippen molar-refractivity contribution in [2.45, 2.75) is 6.42 Å². The maximum absolute atomic E-state index is 5.74. The molecule has 0 spiro atoms. The van der Waals surface area contributed by atoms with Crippen LogP contribution in [0.25, 0.3) is 0 Å². The number of ether oxygens (including phenoxy) is 1. The van der Waals surface area contributed by atoms with Gasteiger partial charge in [-0.1, -0.05) is 6.07 Å². The van der Waals surface area contributed by atoms with Crippen LogP contribution in [0.4, 0.5) is 5.69 Å². The average molecular weight is 221 g/mol. The van der Waals surface area contributed by atoms with E-state index in [0.29, 0.717) is 11.6 Å². The third kappa shape index (κ3) is 2.24. The van der Waals surface area contributed by atoms with Crippen molar-refractivity contribution in [3.05, 3.63) is 34.2 Å². The summed E-state index contributed by atoms with van der Waals surface area (Å²) in [5.41, 5.74) is 7.12. The van der Waals surface area contributed by atoms with E-state index >= 15 is 0 Å². The molecule has 0 unspecified atom stereocenters. The molecule has 2 heterocycles. The highest BCUT2D eigenvalue weighted by atomic mass is 32.1. The van der Waals surface area contributed by atoms with Gasteiger partial charge in [0.15, 0.2) is 0 Å². The third-order valence-electron chi connectivity index (χ3n) is 1.97. The van der Waals surface area contributed by atoms with E-state index in [0.717, 1.165) is 12.1 Å². The summed E-state index contributed by atoms with van der Waals surface area (Å²) in [6, 6.07) is 5.87. The maximum atomic E-state index is 5.74. The summed E-state index contributed by atoms with van der Waals surface area (Å²) in [5, 5.41) is 9.96. The molecule has 15 heavy (non-hydrogen) atoms. The SMILES string of the molecule is COc1nnc(Cc2cccs2)cc1N. The minimum atomic E-state index is 0.380. The fourth-order valence-electron chi connectivity index (χ4n) is 1.27. The highest BCUT2D eigenvalue weighted by Crippen LogP contribution is 2.19. The number of hydrogen-bond acceptors (Lipinski definition) is 5. The Morgan fingerprint density at radius 2 is 2.33 bits per heavy atom. The number of nitrogens with two attached hydrogens (primary N) is 1. The van der Waals surface area contributed by atoms with Crippen LogP contribution in [-0.2, 0) is 6.42 Å². The van der Waals surface area contributed by atoms with Crippen molar-refractivity contribution in [1.29, 1.82) is 0 Å². The predicted molar refractivity (Wildman–Crippen MR) is 60.1 cm³/mol. The Hall–Kier alpha value is -1.62. The van der Waals surface area contributed by atoms with E-state index in [1.807, 2.05) is 11.4 Å². The second-order valence-electron chi connectivity index (χ2n) is 3.06. The van der Waals surface area contributed by atoms with Gasteiger partial charge in [0.2, 0.25) is 0 Å². The van der Waals surface area contributed by atoms with Crippen LogP contribution >= 0.6 is 11.3 Å². The van der Waals surface area contributed by atoms with Gasteiger partial charge in [-0.3, -0.25) is 0 Å². The van der Waals surface area contributed by atoms with Gasteiger partial charge in [0.05, 0.1) is 18.5 Å². The van der Waals surface area contributed by atoms with Gasteiger partial charge in [0, 0.05) is 11.3 Å². The molecule has 0 amide bonds. The second kappa shape index (κ2) is 4.27. The number of methoxy groups -OCH3 is 1. The number of aromatic nitrogens is 2. The molecule has 0 radical (unpaired) electrons. The molecule has 0 aliphatic rings. The van der Waals surface area contributed by atoms with E-state index in [4.69, 9.17) is 10.5 Å². The maximum Gasteiger partial charge on any atom is 0.256 e. The lowest BCUT2D eigenvalue weighted by Gasteiger charge is -2.03. The van der Waals surface area contributed by atoms with Gasteiger partial charge in [0.25, 0.3) is 5.88 Å². The van der Waals surface area contributed by atoms with Crippen molar-refractivity contribution in [3.63, 3.8) is 0 Å². The highest BCUT2D eigenvalue weighted by Gasteiger charge is 2.05. The number of thiophene rings is 1. The first-order valence-corrected chi connectivity index (χ1v) is 5.36. The molecule has 0 atom stereocenters. The Morgan fingerprint density at radius 3 is 2.93 bits per heavy atom. The molecule has 0 saturated carbocycles. The van der Waals surface area contributed by atoms with E-state index in [1.165, 1.54) is 12.0 Å². The monoisotopic (exact) mass is 221 g/mol. The van der Waals surface area contributed by atoms with Crippen LogP contribution in [0.15, 0.2) is 23.6 Å². The van der Waals surface area contributed by atoms with Gasteiger partial charge in [-0.15, -0.1) is 16.4 Å². The van der Waals surface area contributed by atoms with E-state index in [-0.39, 0.29) is 0 Å². The smallest absolute Gasteiger partial charge is 0.256 e. The zero-order valence-electron chi connectivity index (χ0n) is 8.30. The van der Waals surface area contributed by atoms with Crippen molar-refractivity contribution in [3.8, 4) is 5.88 Å². The first-order chi connectivity index (χ1) is 7.29. The molecule has 5 heteroatoms. The number of rotatable bonds is 3. The zero-order valence-corrected chi connectivity index (χ0v) is 9.12. The van der Waals surface area contributed by atoms with Gasteiger partial charge in [-0.25, -0.2) is 0 Å². The summed E-state index contributed by atoms with van der Waals surface area (Å²) in [6.45, 7) is 0. The lowest BCUT2D eigenvalue weighted by atomic mass is 10.2. The van der Waals surface area contributed by atoms with Crippen LogP contribution in [0, 0.1) is 0 Å². The first-order valence-electron chi connectivity index (χ1n) is 4.48. The molecular weight excluding hydrogens is 210 g/mol. The largest absolute Gasteiger partial charge is 0.478 e. The number of anilines is 1. The predicted octanol–water partition coefficient (Wildman–Crippen LogP) is 1.72. The zero-order chi connectivity index (χ0) is 10.7. The molecule has 2 aromatic rings. The number of hydrogen-bond donors (Lipinski definition) is 1. The molecule has 0 bridgehead atoms. The normalized spacial score (nSPS) is 10.2. The molecule has 2 N–H and O–H groups in total. The fraction of sp³-hybridized carbons (Fsp3) is 0.200. The summed E-state index contributed by atoms with van der Waals surface area (Å²) in [5.74, 6) is 0.380. The van der Waals surface area contributed by atoms with Gasteiger partial charge in [-0.05, 0) is 17.5 Å². The minimum Gasteiger partial charge on any atom is -0.478 e. The van der Waals surface area contributed by atoms with Gasteiger partial charge in [-0.2, -0.15) is 5.10 Å². The Bertz CT molecular complexity index is 442. The Kier molecular flexibility index (Phi) is 2.82. The van der Waals surface area contributed by atoms with Crippen molar-refractivity contribution < 1.29 is 4.74 Å². The van der Waals surface area contributed by atoms with Crippen LogP contribution in [0.3, 0.4) is 0 Å². The molecule has 0 saturated heterocycles. The van der Waals surface area contributed by atoms with Crippen LogP contribution in [0.5, 0.6) is 5.88 Å². The number of nitrogens with zero attached hydrogens (tertiary/aromatic N) is 2. The van der Waals surface area contributed by atoms with E-state index < -0.39 is 0 Å². The standard InChI is InChI=1S/C10H11N3OS/c1-14-10-9(11)6-7(12-13-10)5-8-3-2-4-15-8/h2-4,6H,5H2,1H3,(H2,11,12). The van der Waals surface area contributed by atoms with Crippen molar-refractivity contribution in [2.75, 3.05) is 12.8 Å². The minimum absolute atomic E-state index is 0.380. The molecular formula is C10H11N3OS. The summed E-state index contributed by atoms with van der Waals surface area (Å²) >= 11 is 1.69. The summed E-state index contributed by atoms with van der Waals surface area (Å²) in [4.78, 5) is 1.24. The van der Waals surface area contributed by atoms with E-state index in [1.54, 1.807) is 17.4 Å². The summed E-state index contributed by atoms with van der Waals surface area (Å²) < 4.78 is 4.94. The Morgan fingerprint density at radius 1 is 1.47 bits per heavy atom. The lowest BCUT2D eigenvalue weighted by Crippen LogP contribution is -2.01. The van der Waals surface area contributed by atoms with Crippen molar-refractivity contribution in [2.24, 2.45) is 0 Å². The molecule has 0 fully saturated rings. The molecule has 2 aromatic heterocycles. The highest BCUT2D eigenvalue weighted by molar-refractivity contribution is 7.09. The quantitative estimate of drug-likeness (QED) is 0.857. The van der Waals surface area contributed by atoms with Gasteiger partial charge < -0.3 is 10.5 Å². The van der Waals surface area contributed by atoms with Crippen molar-refractivity contribution >= 4 is 17.0 Å². The Balaban J connectivity index is 2.20. The molecule has 78 valence electrons. The topological polar surface area (TPSA) is 61.0 Å².